The van der Waals surface area contributed by atoms with Crippen LogP contribution >= 0.6 is 11.6 Å². The Balaban J connectivity index is 0.000000243. The van der Waals surface area contributed by atoms with Crippen LogP contribution in [0, 0.1) is 24.1 Å². The van der Waals surface area contributed by atoms with Gasteiger partial charge in [0.1, 0.15) is 17.3 Å². The van der Waals surface area contributed by atoms with Gasteiger partial charge in [-0.3, -0.25) is 0 Å². The fourth-order valence-electron chi connectivity index (χ4n) is 4.41. The van der Waals surface area contributed by atoms with Gasteiger partial charge in [-0.25, -0.2) is 4.39 Å². The Kier molecular flexibility index (Phi) is 8.56. The molecule has 1 aromatic heterocycles. The number of hydrogen-bond acceptors (Lipinski definition) is 5. The van der Waals surface area contributed by atoms with Gasteiger partial charge in [-0.15, -0.1) is 0 Å². The summed E-state index contributed by atoms with van der Waals surface area (Å²) in [6.45, 7) is 2.54. The van der Waals surface area contributed by atoms with E-state index in [1.807, 2.05) is 31.2 Å². The van der Waals surface area contributed by atoms with Gasteiger partial charge in [0.25, 0.3) is 0 Å². The lowest BCUT2D eigenvalue weighted by Gasteiger charge is -2.25. The summed E-state index contributed by atoms with van der Waals surface area (Å²) in [5.41, 5.74) is 4.62. The van der Waals surface area contributed by atoms with Crippen LogP contribution in [-0.4, -0.2) is 22.5 Å². The number of aryl methyl sites for hydroxylation is 1. The molecule has 2 aliphatic rings. The van der Waals surface area contributed by atoms with Gasteiger partial charge in [0.15, 0.2) is 0 Å². The molecular weight excluding hydrogens is 467 g/mol. The maximum atomic E-state index is 12.4. The van der Waals surface area contributed by atoms with Crippen LogP contribution in [0.15, 0.2) is 47.0 Å². The summed E-state index contributed by atoms with van der Waals surface area (Å²) in [6, 6.07) is 13.9. The number of aromatic nitrogens is 1. The number of hydrogen-bond donors (Lipinski definition) is 1. The van der Waals surface area contributed by atoms with Gasteiger partial charge in [0.2, 0.25) is 0 Å². The van der Waals surface area contributed by atoms with Gasteiger partial charge < -0.3 is 14.4 Å². The third-order valence-electron chi connectivity index (χ3n) is 6.50. The Morgan fingerprint density at radius 3 is 2.54 bits per heavy atom. The number of nitriles is 1. The molecule has 1 N–H and O–H groups in total. The van der Waals surface area contributed by atoms with Crippen molar-refractivity contribution in [2.24, 2.45) is 0 Å². The summed E-state index contributed by atoms with van der Waals surface area (Å²) in [5, 5.41) is 23.0. The lowest BCUT2D eigenvalue weighted by Crippen LogP contribution is -2.24. The number of halogens is 2. The third kappa shape index (κ3) is 6.70. The van der Waals surface area contributed by atoms with E-state index in [4.69, 9.17) is 26.1 Å². The summed E-state index contributed by atoms with van der Waals surface area (Å²) >= 11 is 6.46. The SMILES string of the molecule is Cc1cccc(Cl)c1-c1noc(C2CC2)c1COC1CCC(O)CC1.N#CCc1cccc(F)c1. The zero-order valence-corrected chi connectivity index (χ0v) is 20.6. The number of ether oxygens (including phenoxy) is 1. The minimum absolute atomic E-state index is 0.168. The van der Waals surface area contributed by atoms with E-state index in [-0.39, 0.29) is 24.4 Å². The van der Waals surface area contributed by atoms with E-state index in [1.54, 1.807) is 12.1 Å². The van der Waals surface area contributed by atoms with Crippen molar-refractivity contribution in [3.05, 3.63) is 75.8 Å². The van der Waals surface area contributed by atoms with Crippen molar-refractivity contribution in [3.63, 3.8) is 0 Å². The Labute approximate surface area is 210 Å². The highest BCUT2D eigenvalue weighted by molar-refractivity contribution is 6.33. The Hall–Kier alpha value is -2.72. The van der Waals surface area contributed by atoms with Crippen molar-refractivity contribution in [1.82, 2.24) is 5.16 Å². The standard InChI is InChI=1S/C20H24ClNO3.C8H6FN/c1-12-3-2-4-17(21)18(12)19-16(20(25-22-19)13-5-6-13)11-24-15-9-7-14(23)8-10-15;9-8-3-1-2-7(6-8)4-5-10/h2-4,13-15,23H,5-11H2,1H3;1-3,6H,4H2. The first-order chi connectivity index (χ1) is 17.0. The van der Waals surface area contributed by atoms with Crippen LogP contribution in [0.5, 0.6) is 0 Å². The van der Waals surface area contributed by atoms with Crippen molar-refractivity contribution in [2.75, 3.05) is 0 Å². The Morgan fingerprint density at radius 2 is 1.89 bits per heavy atom. The molecule has 0 spiro atoms. The lowest BCUT2D eigenvalue weighted by atomic mass is 9.95. The second-order valence-electron chi connectivity index (χ2n) is 9.29. The molecule has 2 fully saturated rings. The minimum Gasteiger partial charge on any atom is -0.393 e. The van der Waals surface area contributed by atoms with Gasteiger partial charge in [-0.05, 0) is 74.8 Å². The average Bonchev–Trinajstić information content (AvgIpc) is 3.60. The molecule has 0 atom stereocenters. The normalized spacial score (nSPS) is 19.5. The Morgan fingerprint density at radius 1 is 1.14 bits per heavy atom. The molecule has 2 aromatic carbocycles. The van der Waals surface area contributed by atoms with Crippen LogP contribution in [0.1, 0.15) is 66.9 Å². The van der Waals surface area contributed by atoms with Gasteiger partial charge in [0, 0.05) is 17.0 Å². The summed E-state index contributed by atoms with van der Waals surface area (Å²) in [4.78, 5) is 0. The van der Waals surface area contributed by atoms with Crippen molar-refractivity contribution in [2.45, 2.75) is 76.6 Å². The molecule has 2 saturated carbocycles. The molecule has 184 valence electrons. The first-order valence-electron chi connectivity index (χ1n) is 12.1. The third-order valence-corrected chi connectivity index (χ3v) is 6.82. The molecule has 1 heterocycles. The Bertz CT molecular complexity index is 1160. The molecule has 3 aromatic rings. The maximum Gasteiger partial charge on any atom is 0.145 e. The minimum atomic E-state index is -0.284. The van der Waals surface area contributed by atoms with Crippen molar-refractivity contribution in [1.29, 1.82) is 5.26 Å². The van der Waals surface area contributed by atoms with E-state index >= 15 is 0 Å². The number of rotatable bonds is 6. The van der Waals surface area contributed by atoms with E-state index in [9.17, 15) is 9.50 Å². The fraction of sp³-hybridized carbons (Fsp3) is 0.429. The first-order valence-corrected chi connectivity index (χ1v) is 12.5. The fourth-order valence-corrected chi connectivity index (χ4v) is 4.72. The maximum absolute atomic E-state index is 12.4. The van der Waals surface area contributed by atoms with Crippen LogP contribution < -0.4 is 0 Å². The zero-order valence-electron chi connectivity index (χ0n) is 19.8. The highest BCUT2D eigenvalue weighted by Gasteiger charge is 2.33. The molecule has 0 bridgehead atoms. The molecule has 35 heavy (non-hydrogen) atoms. The monoisotopic (exact) mass is 496 g/mol. The molecule has 5 nitrogen and oxygen atoms in total. The van der Waals surface area contributed by atoms with Crippen LogP contribution in [0.3, 0.4) is 0 Å². The molecule has 0 unspecified atom stereocenters. The zero-order chi connectivity index (χ0) is 24.8. The molecule has 0 aliphatic heterocycles. The molecule has 2 aliphatic carbocycles. The van der Waals surface area contributed by atoms with Gasteiger partial charge in [0.05, 0.1) is 36.3 Å². The molecule has 0 amide bonds. The van der Waals surface area contributed by atoms with Crippen LogP contribution in [-0.2, 0) is 17.8 Å². The van der Waals surface area contributed by atoms with Crippen molar-refractivity contribution < 1.29 is 18.8 Å². The van der Waals surface area contributed by atoms with E-state index < -0.39 is 0 Å². The molecule has 5 rings (SSSR count). The van der Waals surface area contributed by atoms with E-state index in [0.29, 0.717) is 17.5 Å². The number of aliphatic hydroxyl groups excluding tert-OH is 1. The number of benzene rings is 2. The van der Waals surface area contributed by atoms with Crippen LogP contribution in [0.2, 0.25) is 5.02 Å². The summed E-state index contributed by atoms with van der Waals surface area (Å²) in [7, 11) is 0. The lowest BCUT2D eigenvalue weighted by molar-refractivity contribution is -0.0121. The predicted molar refractivity (Wildman–Crippen MR) is 132 cm³/mol. The molecule has 0 saturated heterocycles. The van der Waals surface area contributed by atoms with E-state index in [2.05, 4.69) is 5.16 Å². The van der Waals surface area contributed by atoms with Crippen LogP contribution in [0.25, 0.3) is 11.3 Å². The average molecular weight is 497 g/mol. The van der Waals surface area contributed by atoms with E-state index in [0.717, 1.165) is 72.2 Å². The summed E-state index contributed by atoms with van der Waals surface area (Å²) < 4.78 is 24.3. The number of nitrogens with zero attached hydrogens (tertiary/aromatic N) is 2. The van der Waals surface area contributed by atoms with Gasteiger partial charge >= 0.3 is 0 Å². The van der Waals surface area contributed by atoms with E-state index in [1.165, 1.54) is 12.1 Å². The molecule has 7 heteroatoms. The largest absolute Gasteiger partial charge is 0.393 e. The molecular formula is C28H30ClFN2O3. The second kappa shape index (κ2) is 11.8. The highest BCUT2D eigenvalue weighted by atomic mass is 35.5. The predicted octanol–water partition coefficient (Wildman–Crippen LogP) is 6.89. The highest BCUT2D eigenvalue weighted by Crippen LogP contribution is 2.45. The first kappa shape index (κ1) is 25.4. The summed E-state index contributed by atoms with van der Waals surface area (Å²) in [6.07, 6.45) is 6.07. The quantitative estimate of drug-likeness (QED) is 0.401. The summed E-state index contributed by atoms with van der Waals surface area (Å²) in [5.74, 6) is 1.15. The van der Waals surface area contributed by atoms with Crippen molar-refractivity contribution >= 4 is 11.6 Å². The van der Waals surface area contributed by atoms with Crippen molar-refractivity contribution in [3.8, 4) is 17.3 Å². The second-order valence-corrected chi connectivity index (χ2v) is 9.69. The smallest absolute Gasteiger partial charge is 0.145 e. The molecule has 0 radical (unpaired) electrons. The van der Waals surface area contributed by atoms with Gasteiger partial charge in [-0.2, -0.15) is 5.26 Å². The van der Waals surface area contributed by atoms with Crippen LogP contribution in [0.4, 0.5) is 4.39 Å². The van der Waals surface area contributed by atoms with Gasteiger partial charge in [-0.1, -0.05) is 41.0 Å². The number of aliphatic hydroxyl groups is 1. The topological polar surface area (TPSA) is 79.3 Å².